The smallest absolute Gasteiger partial charge is 0.311 e. The first-order valence-corrected chi connectivity index (χ1v) is 6.43. The number of hydrogen-bond donors (Lipinski definition) is 1. The van der Waals surface area contributed by atoms with Gasteiger partial charge in [0, 0.05) is 45.6 Å². The molecular formula is C13H19N5O2. The first kappa shape index (κ1) is 14.3. The highest BCUT2D eigenvalue weighted by molar-refractivity contribution is 5.05. The molecule has 7 heteroatoms. The van der Waals surface area contributed by atoms with Gasteiger partial charge in [0.25, 0.3) is 5.56 Å². The van der Waals surface area contributed by atoms with E-state index in [1.165, 1.54) is 17.7 Å². The van der Waals surface area contributed by atoms with Gasteiger partial charge in [-0.1, -0.05) is 0 Å². The van der Waals surface area contributed by atoms with Crippen LogP contribution in [0.4, 0.5) is 0 Å². The molecule has 108 valence electrons. The summed E-state index contributed by atoms with van der Waals surface area (Å²) in [6.07, 6.45) is 4.65. The van der Waals surface area contributed by atoms with Gasteiger partial charge in [-0.05, 0) is 18.5 Å². The van der Waals surface area contributed by atoms with E-state index in [-0.39, 0.29) is 11.2 Å². The maximum Gasteiger partial charge on any atom is 0.330 e. The number of aryl methyl sites for hydroxylation is 1. The number of nitrogens with zero attached hydrogens (tertiary/aromatic N) is 4. The molecule has 0 atom stereocenters. The lowest BCUT2D eigenvalue weighted by atomic mass is 10.2. The molecule has 2 aromatic heterocycles. The number of nitrogens with one attached hydrogen (secondary N) is 1. The van der Waals surface area contributed by atoms with E-state index in [4.69, 9.17) is 0 Å². The van der Waals surface area contributed by atoms with E-state index in [0.717, 1.165) is 23.1 Å². The van der Waals surface area contributed by atoms with Crippen LogP contribution in [0, 0.1) is 0 Å². The lowest BCUT2D eigenvalue weighted by Gasteiger charge is -2.10. The Labute approximate surface area is 116 Å². The van der Waals surface area contributed by atoms with Crippen molar-refractivity contribution in [2.75, 3.05) is 6.54 Å². The molecule has 0 fully saturated rings. The highest BCUT2D eigenvalue weighted by Gasteiger charge is 2.05. The Balaban J connectivity index is 1.95. The molecule has 1 N–H and O–H groups in total. The monoisotopic (exact) mass is 277 g/mol. The lowest BCUT2D eigenvalue weighted by Crippen LogP contribution is -2.39. The molecule has 0 saturated heterocycles. The van der Waals surface area contributed by atoms with Crippen LogP contribution in [0.1, 0.15) is 11.3 Å². The van der Waals surface area contributed by atoms with Crippen LogP contribution < -0.4 is 16.6 Å². The minimum absolute atomic E-state index is 0.280. The molecule has 20 heavy (non-hydrogen) atoms. The van der Waals surface area contributed by atoms with Crippen LogP contribution in [0.15, 0.2) is 28.0 Å². The summed E-state index contributed by atoms with van der Waals surface area (Å²) >= 11 is 0. The standard InChI is InChI=1S/C13H19N5O2/c1-16-9-10(7-15-16)4-5-14-8-11-6-12(19)18(3)13(20)17(11)2/h6-7,9,14H,4-5,8H2,1-3H3. The second-order valence-corrected chi connectivity index (χ2v) is 4.82. The van der Waals surface area contributed by atoms with E-state index in [1.807, 2.05) is 19.4 Å². The molecule has 0 bridgehead atoms. The van der Waals surface area contributed by atoms with Gasteiger partial charge in [-0.3, -0.25) is 18.6 Å². The maximum absolute atomic E-state index is 11.8. The van der Waals surface area contributed by atoms with Crippen LogP contribution in [0.25, 0.3) is 0 Å². The fourth-order valence-corrected chi connectivity index (χ4v) is 2.00. The summed E-state index contributed by atoms with van der Waals surface area (Å²) in [6, 6.07) is 1.48. The van der Waals surface area contributed by atoms with Crippen molar-refractivity contribution in [3.05, 3.63) is 50.6 Å². The predicted molar refractivity (Wildman–Crippen MR) is 75.5 cm³/mol. The molecule has 0 unspecified atom stereocenters. The fraction of sp³-hybridized carbons (Fsp3) is 0.462. The van der Waals surface area contributed by atoms with E-state index in [9.17, 15) is 9.59 Å². The van der Waals surface area contributed by atoms with Crippen molar-refractivity contribution < 1.29 is 0 Å². The molecule has 2 heterocycles. The quantitative estimate of drug-likeness (QED) is 0.723. The molecule has 2 rings (SSSR count). The lowest BCUT2D eigenvalue weighted by molar-refractivity contribution is 0.601. The summed E-state index contributed by atoms with van der Waals surface area (Å²) in [5, 5.41) is 7.33. The van der Waals surface area contributed by atoms with Crippen LogP contribution in [0.2, 0.25) is 0 Å². The van der Waals surface area contributed by atoms with Gasteiger partial charge in [0.15, 0.2) is 0 Å². The molecule has 0 aromatic carbocycles. The number of aromatic nitrogens is 4. The van der Waals surface area contributed by atoms with Gasteiger partial charge in [0.1, 0.15) is 0 Å². The molecule has 0 aliphatic carbocycles. The zero-order valence-electron chi connectivity index (χ0n) is 12.0. The molecule has 0 saturated carbocycles. The molecule has 0 radical (unpaired) electrons. The Bertz CT molecular complexity index is 710. The Morgan fingerprint density at radius 3 is 2.60 bits per heavy atom. The van der Waals surface area contributed by atoms with Crippen molar-refractivity contribution in [1.29, 1.82) is 0 Å². The van der Waals surface area contributed by atoms with Crippen LogP contribution in [0.5, 0.6) is 0 Å². The fourth-order valence-electron chi connectivity index (χ4n) is 2.00. The van der Waals surface area contributed by atoms with Crippen LogP contribution in [0.3, 0.4) is 0 Å². The number of hydrogen-bond acceptors (Lipinski definition) is 4. The van der Waals surface area contributed by atoms with Crippen molar-refractivity contribution in [3.8, 4) is 0 Å². The minimum Gasteiger partial charge on any atom is -0.311 e. The van der Waals surface area contributed by atoms with Crippen molar-refractivity contribution >= 4 is 0 Å². The topological polar surface area (TPSA) is 73.8 Å². The highest BCUT2D eigenvalue weighted by Crippen LogP contribution is 1.97. The SMILES string of the molecule is Cn1cc(CCNCc2cc(=O)n(C)c(=O)n2C)cn1. The van der Waals surface area contributed by atoms with Crippen molar-refractivity contribution in [1.82, 2.24) is 24.2 Å². The molecule has 0 spiro atoms. The van der Waals surface area contributed by atoms with Gasteiger partial charge in [0.05, 0.1) is 6.20 Å². The van der Waals surface area contributed by atoms with Gasteiger partial charge in [-0.15, -0.1) is 0 Å². The molecule has 0 amide bonds. The Hall–Kier alpha value is -2.15. The van der Waals surface area contributed by atoms with E-state index in [2.05, 4.69) is 10.4 Å². The summed E-state index contributed by atoms with van der Waals surface area (Å²) in [6.45, 7) is 1.25. The van der Waals surface area contributed by atoms with E-state index < -0.39 is 0 Å². The van der Waals surface area contributed by atoms with Gasteiger partial charge >= 0.3 is 5.69 Å². The zero-order chi connectivity index (χ0) is 14.7. The zero-order valence-corrected chi connectivity index (χ0v) is 12.0. The third-order valence-electron chi connectivity index (χ3n) is 3.28. The van der Waals surface area contributed by atoms with Crippen LogP contribution >= 0.6 is 0 Å². The molecule has 0 aliphatic heterocycles. The Kier molecular flexibility index (Phi) is 4.19. The summed E-state index contributed by atoms with van der Waals surface area (Å²) in [5.41, 5.74) is 1.25. The van der Waals surface area contributed by atoms with Crippen molar-refractivity contribution in [3.63, 3.8) is 0 Å². The van der Waals surface area contributed by atoms with E-state index in [1.54, 1.807) is 11.7 Å². The van der Waals surface area contributed by atoms with Gasteiger partial charge in [0.2, 0.25) is 0 Å². The minimum atomic E-state index is -0.304. The van der Waals surface area contributed by atoms with Crippen LogP contribution in [-0.4, -0.2) is 25.5 Å². The Morgan fingerprint density at radius 2 is 1.95 bits per heavy atom. The second-order valence-electron chi connectivity index (χ2n) is 4.82. The molecule has 7 nitrogen and oxygen atoms in total. The van der Waals surface area contributed by atoms with Crippen molar-refractivity contribution in [2.24, 2.45) is 21.1 Å². The first-order valence-electron chi connectivity index (χ1n) is 6.43. The average Bonchev–Trinajstić information content (AvgIpc) is 2.83. The highest BCUT2D eigenvalue weighted by atomic mass is 16.2. The largest absolute Gasteiger partial charge is 0.330 e. The second kappa shape index (κ2) is 5.87. The summed E-state index contributed by atoms with van der Waals surface area (Å²) < 4.78 is 4.34. The molecule has 0 aliphatic rings. The third-order valence-corrected chi connectivity index (χ3v) is 3.28. The summed E-state index contributed by atoms with van der Waals surface area (Å²) in [4.78, 5) is 23.3. The van der Waals surface area contributed by atoms with E-state index >= 15 is 0 Å². The third kappa shape index (κ3) is 3.05. The maximum atomic E-state index is 11.8. The molecular weight excluding hydrogens is 258 g/mol. The predicted octanol–water partition coefficient (Wildman–Crippen LogP) is -0.850. The average molecular weight is 277 g/mol. The molecule has 2 aromatic rings. The summed E-state index contributed by atoms with van der Waals surface area (Å²) in [5.74, 6) is 0. The normalized spacial score (nSPS) is 10.9. The van der Waals surface area contributed by atoms with Gasteiger partial charge < -0.3 is 5.32 Å². The first-order chi connectivity index (χ1) is 9.49. The van der Waals surface area contributed by atoms with Crippen molar-refractivity contribution in [2.45, 2.75) is 13.0 Å². The van der Waals surface area contributed by atoms with E-state index in [0.29, 0.717) is 12.2 Å². The van der Waals surface area contributed by atoms with Gasteiger partial charge in [-0.2, -0.15) is 5.10 Å². The Morgan fingerprint density at radius 1 is 1.20 bits per heavy atom. The van der Waals surface area contributed by atoms with Crippen LogP contribution in [-0.2, 0) is 34.1 Å². The number of rotatable bonds is 5. The summed E-state index contributed by atoms with van der Waals surface area (Å²) in [7, 11) is 5.02. The van der Waals surface area contributed by atoms with Gasteiger partial charge in [-0.25, -0.2) is 4.79 Å².